The molecule has 0 unspecified atom stereocenters. The Bertz CT molecular complexity index is 626. The number of halogens is 3. The molecule has 0 saturated carbocycles. The lowest BCUT2D eigenvalue weighted by Crippen LogP contribution is -2.14. The van der Waals surface area contributed by atoms with Gasteiger partial charge in [-0.1, -0.05) is 23.8 Å². The lowest BCUT2D eigenvalue weighted by atomic mass is 10.2. The van der Waals surface area contributed by atoms with Gasteiger partial charge in [-0.05, 0) is 18.2 Å². The maximum Gasteiger partial charge on any atom is 0.151 e. The summed E-state index contributed by atoms with van der Waals surface area (Å²) < 4.78 is 26.6. The van der Waals surface area contributed by atoms with E-state index < -0.39 is 11.6 Å². The molecule has 0 aliphatic heterocycles. The van der Waals surface area contributed by atoms with Crippen LogP contribution in [0.2, 0.25) is 5.02 Å². The van der Waals surface area contributed by atoms with Gasteiger partial charge in [0.2, 0.25) is 0 Å². The largest absolute Gasteiger partial charge is 0.388 e. The van der Waals surface area contributed by atoms with Gasteiger partial charge in [0.05, 0.1) is 16.4 Å². The van der Waals surface area contributed by atoms with Gasteiger partial charge in [-0.15, -0.1) is 0 Å². The molecule has 0 radical (unpaired) electrons. The third-order valence-electron chi connectivity index (χ3n) is 2.31. The molecule has 0 saturated heterocycles. The third-order valence-corrected chi connectivity index (χ3v) is 2.80. The summed E-state index contributed by atoms with van der Waals surface area (Å²) in [7, 11) is 0. The second-order valence-corrected chi connectivity index (χ2v) is 4.48. The first-order valence-corrected chi connectivity index (χ1v) is 5.94. The molecule has 0 fully saturated rings. The summed E-state index contributed by atoms with van der Waals surface area (Å²) in [5.74, 6) is -1.57. The number of hydrogen-bond donors (Lipinski definition) is 2. The molecular formula is C12H8ClF2N3S. The van der Waals surface area contributed by atoms with E-state index in [1.54, 1.807) is 12.1 Å². The smallest absolute Gasteiger partial charge is 0.151 e. The summed E-state index contributed by atoms with van der Waals surface area (Å²) in [5, 5.41) is 2.63. The highest BCUT2D eigenvalue weighted by molar-refractivity contribution is 7.80. The maximum absolute atomic E-state index is 13.7. The Morgan fingerprint density at radius 1 is 1.37 bits per heavy atom. The van der Waals surface area contributed by atoms with Crippen LogP contribution in [0.5, 0.6) is 0 Å². The normalized spacial score (nSPS) is 10.3. The van der Waals surface area contributed by atoms with Crippen molar-refractivity contribution >= 4 is 40.2 Å². The average Bonchev–Trinajstić information content (AvgIpc) is 2.34. The highest BCUT2D eigenvalue weighted by atomic mass is 35.5. The van der Waals surface area contributed by atoms with Crippen LogP contribution < -0.4 is 11.1 Å². The van der Waals surface area contributed by atoms with Crippen LogP contribution in [0.3, 0.4) is 0 Å². The Morgan fingerprint density at radius 2 is 2.11 bits per heavy atom. The summed E-state index contributed by atoms with van der Waals surface area (Å²) in [4.78, 5) is 4.04. The number of anilines is 2. The molecule has 7 heteroatoms. The van der Waals surface area contributed by atoms with Crippen molar-refractivity contribution in [1.29, 1.82) is 0 Å². The van der Waals surface area contributed by atoms with E-state index in [2.05, 4.69) is 10.3 Å². The molecule has 3 N–H and O–H groups in total. The summed E-state index contributed by atoms with van der Waals surface area (Å²) in [6, 6.07) is 4.97. The second kappa shape index (κ2) is 5.46. The van der Waals surface area contributed by atoms with E-state index in [4.69, 9.17) is 29.6 Å². The SMILES string of the molecule is NC(=S)c1ncccc1Nc1c(F)cc(F)cc1Cl. The minimum Gasteiger partial charge on any atom is -0.388 e. The zero-order valence-electron chi connectivity index (χ0n) is 9.45. The Morgan fingerprint density at radius 3 is 2.74 bits per heavy atom. The lowest BCUT2D eigenvalue weighted by Gasteiger charge is -2.12. The summed E-state index contributed by atoms with van der Waals surface area (Å²) in [5.41, 5.74) is 6.14. The predicted molar refractivity (Wildman–Crippen MR) is 74.8 cm³/mol. The van der Waals surface area contributed by atoms with Crippen molar-refractivity contribution in [1.82, 2.24) is 4.98 Å². The van der Waals surface area contributed by atoms with Crippen molar-refractivity contribution in [2.45, 2.75) is 0 Å². The summed E-state index contributed by atoms with van der Waals surface area (Å²) in [6.07, 6.45) is 1.50. The fourth-order valence-electron chi connectivity index (χ4n) is 1.50. The van der Waals surface area contributed by atoms with E-state index in [0.717, 1.165) is 12.1 Å². The van der Waals surface area contributed by atoms with E-state index in [1.165, 1.54) is 6.20 Å². The number of pyridine rings is 1. The van der Waals surface area contributed by atoms with Gasteiger partial charge in [0.1, 0.15) is 16.5 Å². The van der Waals surface area contributed by atoms with Gasteiger partial charge in [-0.25, -0.2) is 8.78 Å². The first kappa shape index (κ1) is 13.6. The van der Waals surface area contributed by atoms with Crippen LogP contribution in [0.4, 0.5) is 20.2 Å². The van der Waals surface area contributed by atoms with Crippen molar-refractivity contribution < 1.29 is 8.78 Å². The molecule has 3 nitrogen and oxygen atoms in total. The van der Waals surface area contributed by atoms with Gasteiger partial charge < -0.3 is 11.1 Å². The van der Waals surface area contributed by atoms with Crippen LogP contribution >= 0.6 is 23.8 Å². The minimum atomic E-state index is -0.817. The van der Waals surface area contributed by atoms with Crippen LogP contribution in [-0.2, 0) is 0 Å². The number of nitrogens with two attached hydrogens (primary N) is 1. The van der Waals surface area contributed by atoms with Crippen molar-refractivity contribution in [3.63, 3.8) is 0 Å². The van der Waals surface area contributed by atoms with Crippen molar-refractivity contribution in [2.75, 3.05) is 5.32 Å². The molecule has 0 atom stereocenters. The van der Waals surface area contributed by atoms with E-state index in [1.807, 2.05) is 0 Å². The number of aromatic nitrogens is 1. The number of nitrogens with one attached hydrogen (secondary N) is 1. The van der Waals surface area contributed by atoms with Gasteiger partial charge in [0.15, 0.2) is 5.82 Å². The van der Waals surface area contributed by atoms with E-state index in [9.17, 15) is 8.78 Å². The minimum absolute atomic E-state index is 0.0572. The summed E-state index contributed by atoms with van der Waals surface area (Å²) >= 11 is 10.6. The Kier molecular flexibility index (Phi) is 3.92. The van der Waals surface area contributed by atoms with Crippen LogP contribution in [-0.4, -0.2) is 9.97 Å². The maximum atomic E-state index is 13.7. The fraction of sp³-hybridized carbons (Fsp3) is 0. The molecular weight excluding hydrogens is 292 g/mol. The molecule has 2 rings (SSSR count). The van der Waals surface area contributed by atoms with Crippen LogP contribution in [0.1, 0.15) is 5.69 Å². The Labute approximate surface area is 118 Å². The van der Waals surface area contributed by atoms with Crippen LogP contribution in [0.25, 0.3) is 0 Å². The molecule has 1 aromatic carbocycles. The van der Waals surface area contributed by atoms with Crippen molar-refractivity contribution in [3.8, 4) is 0 Å². The van der Waals surface area contributed by atoms with Gasteiger partial charge in [-0.2, -0.15) is 0 Å². The third kappa shape index (κ3) is 2.97. The zero-order chi connectivity index (χ0) is 14.0. The number of nitrogens with zero attached hydrogens (tertiary/aromatic N) is 1. The number of hydrogen-bond acceptors (Lipinski definition) is 3. The molecule has 0 amide bonds. The monoisotopic (exact) mass is 299 g/mol. The first-order valence-electron chi connectivity index (χ1n) is 5.15. The van der Waals surface area contributed by atoms with Crippen molar-refractivity contribution in [2.24, 2.45) is 5.73 Å². The molecule has 0 spiro atoms. The molecule has 0 aliphatic carbocycles. The quantitative estimate of drug-likeness (QED) is 0.853. The van der Waals surface area contributed by atoms with Gasteiger partial charge >= 0.3 is 0 Å². The fourth-order valence-corrected chi connectivity index (χ4v) is 1.90. The topological polar surface area (TPSA) is 50.9 Å². The molecule has 98 valence electrons. The summed E-state index contributed by atoms with van der Waals surface area (Å²) in [6.45, 7) is 0. The van der Waals surface area contributed by atoms with Gasteiger partial charge in [-0.3, -0.25) is 4.98 Å². The number of thiocarbonyl (C=S) groups is 1. The Balaban J connectivity index is 2.45. The standard InChI is InChI=1S/C12H8ClF2N3S/c13-7-4-6(14)5-8(15)10(7)18-9-2-1-3-17-11(9)12(16)19/h1-5,18H,(H2,16,19). The zero-order valence-corrected chi connectivity index (χ0v) is 11.0. The highest BCUT2D eigenvalue weighted by Gasteiger charge is 2.13. The van der Waals surface area contributed by atoms with Gasteiger partial charge in [0.25, 0.3) is 0 Å². The van der Waals surface area contributed by atoms with Gasteiger partial charge in [0, 0.05) is 12.3 Å². The molecule has 2 aromatic rings. The number of rotatable bonds is 3. The second-order valence-electron chi connectivity index (χ2n) is 3.63. The number of benzene rings is 1. The van der Waals surface area contributed by atoms with Crippen LogP contribution in [0.15, 0.2) is 30.5 Å². The molecule has 1 heterocycles. The average molecular weight is 300 g/mol. The van der Waals surface area contributed by atoms with Crippen molar-refractivity contribution in [3.05, 3.63) is 52.8 Å². The molecule has 19 heavy (non-hydrogen) atoms. The highest BCUT2D eigenvalue weighted by Crippen LogP contribution is 2.30. The van der Waals surface area contributed by atoms with Crippen LogP contribution in [0, 0.1) is 11.6 Å². The first-order chi connectivity index (χ1) is 8.99. The van der Waals surface area contributed by atoms with E-state index in [-0.39, 0.29) is 15.7 Å². The predicted octanol–water partition coefficient (Wildman–Crippen LogP) is 3.39. The van der Waals surface area contributed by atoms with E-state index >= 15 is 0 Å². The Hall–Kier alpha value is -1.79. The molecule has 1 aromatic heterocycles. The molecule has 0 bridgehead atoms. The lowest BCUT2D eigenvalue weighted by molar-refractivity contribution is 0.586. The molecule has 0 aliphatic rings. The van der Waals surface area contributed by atoms with E-state index in [0.29, 0.717) is 11.4 Å².